The maximum Gasteiger partial charge on any atom is 3.00 e. The minimum absolute atomic E-state index is 0. The Bertz CT molecular complexity index is 1070. The molecule has 4 aromatic rings. The van der Waals surface area contributed by atoms with Crippen molar-refractivity contribution < 1.29 is 27.1 Å². The number of hydrogen-bond acceptors (Lipinski definition) is 2. The van der Waals surface area contributed by atoms with E-state index in [0.29, 0.717) is 11.5 Å². The smallest absolute Gasteiger partial charge is 0.503 e. The van der Waals surface area contributed by atoms with Gasteiger partial charge in [0.1, 0.15) is 0 Å². The minimum atomic E-state index is 0. The first-order chi connectivity index (χ1) is 13.2. The van der Waals surface area contributed by atoms with Crippen LogP contribution in [0.5, 0.6) is 11.5 Å². The average molecular weight is 610 g/mol. The molecule has 0 aliphatic rings. The molecule has 1 heterocycles. The Kier molecular flexibility index (Phi) is 6.87. The fraction of sp³-hybridized carbons (Fsp3) is 0.0417. The van der Waals surface area contributed by atoms with Gasteiger partial charge in [0.25, 0.3) is 0 Å². The molecule has 0 amide bonds. The zero-order valence-electron chi connectivity index (χ0n) is 15.0. The molecule has 0 bridgehead atoms. The summed E-state index contributed by atoms with van der Waals surface area (Å²) in [5.74, 6) is 1.30. The van der Waals surface area contributed by atoms with Crippen LogP contribution in [-0.4, -0.2) is 4.98 Å². The third-order valence-corrected chi connectivity index (χ3v) is 4.58. The second kappa shape index (κ2) is 9.35. The van der Waals surface area contributed by atoms with E-state index in [9.17, 15) is 0 Å². The van der Waals surface area contributed by atoms with Crippen molar-refractivity contribution >= 4 is 15.9 Å². The van der Waals surface area contributed by atoms with Gasteiger partial charge in [0, 0.05) is 11.5 Å². The van der Waals surface area contributed by atoms with Crippen LogP contribution in [0.4, 0.5) is 0 Å². The van der Waals surface area contributed by atoms with Crippen LogP contribution in [0.25, 0.3) is 22.5 Å². The Morgan fingerprint density at radius 3 is 2.46 bits per heavy atom. The second-order valence-corrected chi connectivity index (χ2v) is 6.95. The topological polar surface area (TPSA) is 22.1 Å². The molecule has 0 aliphatic carbocycles. The molecule has 2 nitrogen and oxygen atoms in total. The van der Waals surface area contributed by atoms with Gasteiger partial charge < -0.3 is 9.72 Å². The van der Waals surface area contributed by atoms with Crippen LogP contribution < -0.4 is 4.74 Å². The molecule has 0 N–H and O–H groups in total. The Balaban J connectivity index is 0.00000225. The van der Waals surface area contributed by atoms with Crippen molar-refractivity contribution in [3.8, 4) is 34.0 Å². The molecule has 1 aromatic heterocycles. The van der Waals surface area contributed by atoms with Crippen molar-refractivity contribution in [3.63, 3.8) is 0 Å². The first kappa shape index (κ1) is 20.6. The van der Waals surface area contributed by atoms with Crippen molar-refractivity contribution in [2.45, 2.75) is 6.92 Å². The molecule has 0 unspecified atom stereocenters. The summed E-state index contributed by atoms with van der Waals surface area (Å²) < 4.78 is 6.87. The first-order valence-corrected chi connectivity index (χ1v) is 9.31. The van der Waals surface area contributed by atoms with Gasteiger partial charge in [0.2, 0.25) is 0 Å². The number of halogens is 1. The van der Waals surface area contributed by atoms with Gasteiger partial charge in [-0.1, -0.05) is 35.7 Å². The van der Waals surface area contributed by atoms with E-state index >= 15 is 0 Å². The summed E-state index contributed by atoms with van der Waals surface area (Å²) in [6.45, 7) is 2.05. The predicted molar refractivity (Wildman–Crippen MR) is 111 cm³/mol. The number of rotatable bonds is 4. The van der Waals surface area contributed by atoms with E-state index in [4.69, 9.17) is 9.72 Å². The van der Waals surface area contributed by atoms with Gasteiger partial charge in [0.05, 0.1) is 0 Å². The Labute approximate surface area is 189 Å². The molecular formula is C24H15AuBrNO. The van der Waals surface area contributed by atoms with E-state index in [1.54, 1.807) is 0 Å². The van der Waals surface area contributed by atoms with E-state index in [-0.39, 0.29) is 22.4 Å². The summed E-state index contributed by atoms with van der Waals surface area (Å²) in [5.41, 5.74) is 4.68. The van der Waals surface area contributed by atoms with Crippen molar-refractivity contribution in [2.75, 3.05) is 0 Å². The predicted octanol–water partition coefficient (Wildman–Crippen LogP) is 6.68. The van der Waals surface area contributed by atoms with Gasteiger partial charge in [-0.15, -0.1) is 81.2 Å². The molecule has 0 saturated heterocycles. The summed E-state index contributed by atoms with van der Waals surface area (Å²) in [4.78, 5) is 4.81. The molecular weight excluding hydrogens is 595 g/mol. The molecule has 0 fully saturated rings. The molecule has 0 aliphatic heterocycles. The zero-order chi connectivity index (χ0) is 18.6. The SMILES string of the molecule is Cc1ccc(Oc2[c-]cccc2)[c-]c1-c1cccc(-c2[c-]cc(Br)cc2)n1.[Au+3]. The van der Waals surface area contributed by atoms with Gasteiger partial charge in [-0.3, -0.25) is 0 Å². The van der Waals surface area contributed by atoms with Gasteiger partial charge in [-0.25, -0.2) is 0 Å². The van der Waals surface area contributed by atoms with Crippen LogP contribution in [0.2, 0.25) is 0 Å². The summed E-state index contributed by atoms with van der Waals surface area (Å²) in [6.07, 6.45) is 0. The summed E-state index contributed by atoms with van der Waals surface area (Å²) >= 11 is 3.44. The largest absolute Gasteiger partial charge is 3.00 e. The van der Waals surface area contributed by atoms with Crippen LogP contribution in [0.1, 0.15) is 5.56 Å². The maximum atomic E-state index is 5.87. The quantitative estimate of drug-likeness (QED) is 0.190. The van der Waals surface area contributed by atoms with E-state index in [1.165, 1.54) is 0 Å². The van der Waals surface area contributed by atoms with Crippen LogP contribution in [-0.2, 0) is 22.4 Å². The molecule has 4 heteroatoms. The minimum Gasteiger partial charge on any atom is -0.503 e. The average Bonchev–Trinajstić information content (AvgIpc) is 2.71. The number of pyridine rings is 1. The fourth-order valence-corrected chi connectivity index (χ4v) is 2.97. The van der Waals surface area contributed by atoms with Gasteiger partial charge >= 0.3 is 22.4 Å². The van der Waals surface area contributed by atoms with Crippen LogP contribution in [0.15, 0.2) is 77.3 Å². The Hall–Kier alpha value is -2.17. The summed E-state index contributed by atoms with van der Waals surface area (Å²) in [5, 5.41) is 0. The zero-order valence-corrected chi connectivity index (χ0v) is 18.7. The molecule has 0 spiro atoms. The molecule has 3 aromatic carbocycles. The molecule has 0 atom stereocenters. The van der Waals surface area contributed by atoms with Gasteiger partial charge in [-0.05, 0) is 11.4 Å². The molecule has 4 rings (SSSR count). The van der Waals surface area contributed by atoms with E-state index < -0.39 is 0 Å². The Morgan fingerprint density at radius 1 is 0.857 bits per heavy atom. The van der Waals surface area contributed by atoms with Crippen molar-refractivity contribution in [3.05, 3.63) is 101 Å². The number of para-hydroxylation sites is 1. The third-order valence-electron chi connectivity index (χ3n) is 4.08. The molecule has 0 radical (unpaired) electrons. The van der Waals surface area contributed by atoms with Crippen molar-refractivity contribution in [2.24, 2.45) is 0 Å². The first-order valence-electron chi connectivity index (χ1n) is 8.51. The second-order valence-electron chi connectivity index (χ2n) is 6.04. The number of aryl methyl sites for hydroxylation is 1. The molecule has 140 valence electrons. The van der Waals surface area contributed by atoms with E-state index in [0.717, 1.165) is 32.6 Å². The molecule has 28 heavy (non-hydrogen) atoms. The van der Waals surface area contributed by atoms with E-state index in [2.05, 4.69) is 34.1 Å². The number of nitrogens with zero attached hydrogens (tertiary/aromatic N) is 1. The maximum absolute atomic E-state index is 5.87. The van der Waals surface area contributed by atoms with Crippen molar-refractivity contribution in [1.29, 1.82) is 0 Å². The van der Waals surface area contributed by atoms with E-state index in [1.807, 2.05) is 79.7 Å². The number of aromatic nitrogens is 1. The Morgan fingerprint density at radius 2 is 1.71 bits per heavy atom. The number of ether oxygens (including phenoxy) is 1. The summed E-state index contributed by atoms with van der Waals surface area (Å²) in [7, 11) is 0. The van der Waals surface area contributed by atoms with Crippen molar-refractivity contribution in [1.82, 2.24) is 4.98 Å². The summed E-state index contributed by atoms with van der Waals surface area (Å²) in [6, 6.07) is 32.9. The molecule has 0 saturated carbocycles. The van der Waals surface area contributed by atoms with Gasteiger partial charge in [0.15, 0.2) is 0 Å². The van der Waals surface area contributed by atoms with Crippen LogP contribution >= 0.6 is 15.9 Å². The fourth-order valence-electron chi connectivity index (χ4n) is 2.72. The monoisotopic (exact) mass is 609 g/mol. The third kappa shape index (κ3) is 4.81. The van der Waals surface area contributed by atoms with Crippen LogP contribution in [0.3, 0.4) is 0 Å². The standard InChI is InChI=1S/C24H15BrNO.Au/c1-17-10-15-21(27-20-6-3-2-4-7-20)16-22(17)24-9-5-8-23(26-24)18-11-13-19(25)14-12-18;/h2-6,8-11,13-15H,1H3;/q-3;+3. The normalized spacial score (nSPS) is 10.2. The van der Waals surface area contributed by atoms with Crippen LogP contribution in [0, 0.1) is 25.1 Å². The number of hydrogen-bond donors (Lipinski definition) is 0. The van der Waals surface area contributed by atoms with Gasteiger partial charge in [-0.2, -0.15) is 18.2 Å². The number of benzene rings is 3.